The molecule has 9 heteroatoms. The Kier molecular flexibility index (Phi) is 7.00. The molecule has 2 N–H and O–H groups in total. The lowest BCUT2D eigenvalue weighted by molar-refractivity contribution is 0.0696. The monoisotopic (exact) mass is 569 g/mol. The number of carboxylic acid groups (broad SMARTS) is 1. The molecule has 7 rings (SSSR count). The fraction of sp³-hybridized carbons (Fsp3) is 0.206. The minimum absolute atomic E-state index is 0.234. The highest BCUT2D eigenvalue weighted by Gasteiger charge is 2.24. The molecule has 0 aliphatic carbocycles. The lowest BCUT2D eigenvalue weighted by atomic mass is 9.95. The quantitative estimate of drug-likeness (QED) is 0.234. The van der Waals surface area contributed by atoms with Crippen LogP contribution in [0.2, 0.25) is 0 Å². The van der Waals surface area contributed by atoms with Gasteiger partial charge in [0.2, 0.25) is 0 Å². The van der Waals surface area contributed by atoms with Crippen molar-refractivity contribution in [2.75, 3.05) is 13.1 Å². The number of hydrogen-bond acceptors (Lipinski definition) is 6. The summed E-state index contributed by atoms with van der Waals surface area (Å²) in [5.41, 5.74) is 7.52. The number of rotatable bonds is 7. The van der Waals surface area contributed by atoms with E-state index >= 15 is 0 Å². The molecule has 214 valence electrons. The first-order valence-corrected chi connectivity index (χ1v) is 14.5. The maximum absolute atomic E-state index is 11.7. The number of carboxylic acids is 1. The molecule has 6 aromatic rings. The molecular weight excluding hydrogens is 538 g/mol. The zero-order valence-electron chi connectivity index (χ0n) is 23.8. The summed E-state index contributed by atoms with van der Waals surface area (Å²) in [6, 6.07) is 27.8. The molecule has 0 amide bonds. The molecule has 1 aliphatic heterocycles. The minimum Gasteiger partial charge on any atom is -0.478 e. The Morgan fingerprint density at radius 2 is 1.70 bits per heavy atom. The highest BCUT2D eigenvalue weighted by molar-refractivity contribution is 5.90. The lowest BCUT2D eigenvalue weighted by Gasteiger charge is -2.30. The number of benzene rings is 2. The summed E-state index contributed by atoms with van der Waals surface area (Å²) in [5.74, 6) is 0.994. The van der Waals surface area contributed by atoms with E-state index in [0.29, 0.717) is 17.4 Å². The van der Waals surface area contributed by atoms with Crippen LogP contribution in [0.25, 0.3) is 39.7 Å². The number of H-pyrrole nitrogens is 1. The van der Waals surface area contributed by atoms with Gasteiger partial charge in [0.15, 0.2) is 5.82 Å². The zero-order valence-corrected chi connectivity index (χ0v) is 23.8. The fourth-order valence-corrected chi connectivity index (χ4v) is 6.01. The molecule has 1 fully saturated rings. The number of pyridine rings is 2. The van der Waals surface area contributed by atoms with Gasteiger partial charge in [-0.2, -0.15) is 5.10 Å². The normalized spacial score (nSPS) is 14.3. The first-order valence-electron chi connectivity index (χ1n) is 14.5. The van der Waals surface area contributed by atoms with Crippen LogP contribution in [0.1, 0.15) is 46.2 Å². The Hall–Kier alpha value is -5.15. The predicted molar refractivity (Wildman–Crippen MR) is 165 cm³/mol. The maximum atomic E-state index is 11.7. The van der Waals surface area contributed by atoms with E-state index in [2.05, 4.69) is 56.5 Å². The largest absolute Gasteiger partial charge is 0.478 e. The van der Waals surface area contributed by atoms with Crippen molar-refractivity contribution in [3.63, 3.8) is 0 Å². The third-order valence-electron chi connectivity index (χ3n) is 8.20. The van der Waals surface area contributed by atoms with Gasteiger partial charge >= 0.3 is 5.97 Å². The number of imidazole rings is 1. The summed E-state index contributed by atoms with van der Waals surface area (Å²) in [6.07, 6.45) is 3.80. The second-order valence-electron chi connectivity index (χ2n) is 11.1. The van der Waals surface area contributed by atoms with Crippen LogP contribution in [0.3, 0.4) is 0 Å². The van der Waals surface area contributed by atoms with Crippen molar-refractivity contribution in [3.8, 4) is 34.0 Å². The maximum Gasteiger partial charge on any atom is 0.335 e. The van der Waals surface area contributed by atoms with E-state index in [1.807, 2.05) is 47.7 Å². The molecule has 0 atom stereocenters. The van der Waals surface area contributed by atoms with Gasteiger partial charge in [0, 0.05) is 35.5 Å². The van der Waals surface area contributed by atoms with Crippen molar-refractivity contribution in [1.29, 1.82) is 0 Å². The number of likely N-dealkylation sites (tertiary alicyclic amines) is 1. The molecule has 9 nitrogen and oxygen atoms in total. The van der Waals surface area contributed by atoms with E-state index in [1.165, 1.54) is 5.56 Å². The molecular formula is C34H31N7O2. The molecule has 43 heavy (non-hydrogen) atoms. The van der Waals surface area contributed by atoms with Crippen LogP contribution in [0, 0.1) is 6.92 Å². The summed E-state index contributed by atoms with van der Waals surface area (Å²) >= 11 is 0. The highest BCUT2D eigenvalue weighted by atomic mass is 16.4. The SMILES string of the molecule is Cc1cc(C(=O)O)cc2nc(-c3ccc(CN4CCC(c5nc(-c6ccccn6)n[nH]5)CC4)cc3)c(-c3ccccc3)n12. The van der Waals surface area contributed by atoms with Crippen LogP contribution in [-0.4, -0.2) is 58.6 Å². The van der Waals surface area contributed by atoms with Crippen molar-refractivity contribution in [2.24, 2.45) is 0 Å². The first kappa shape index (κ1) is 26.7. The number of aromatic nitrogens is 6. The number of aryl methyl sites for hydroxylation is 1. The number of hydrogen-bond donors (Lipinski definition) is 2. The lowest BCUT2D eigenvalue weighted by Crippen LogP contribution is -2.32. The molecule has 1 aliphatic rings. The minimum atomic E-state index is -0.958. The molecule has 0 spiro atoms. The van der Waals surface area contributed by atoms with Crippen molar-refractivity contribution < 1.29 is 9.90 Å². The predicted octanol–water partition coefficient (Wildman–Crippen LogP) is 6.23. The molecule has 0 unspecified atom stereocenters. The number of aromatic amines is 1. The number of carbonyl (C=O) groups is 1. The number of nitrogens with zero attached hydrogens (tertiary/aromatic N) is 6. The van der Waals surface area contributed by atoms with Gasteiger partial charge in [-0.25, -0.2) is 14.8 Å². The van der Waals surface area contributed by atoms with Crippen molar-refractivity contribution in [1.82, 2.24) is 34.4 Å². The third kappa shape index (κ3) is 5.30. The molecule has 4 aromatic heterocycles. The molecule has 2 aromatic carbocycles. The van der Waals surface area contributed by atoms with Crippen LogP contribution >= 0.6 is 0 Å². The van der Waals surface area contributed by atoms with Crippen LogP contribution < -0.4 is 0 Å². The highest BCUT2D eigenvalue weighted by Crippen LogP contribution is 2.34. The van der Waals surface area contributed by atoms with Crippen molar-refractivity contribution in [3.05, 3.63) is 114 Å². The Bertz CT molecular complexity index is 1890. The van der Waals surface area contributed by atoms with E-state index < -0.39 is 5.97 Å². The van der Waals surface area contributed by atoms with Gasteiger partial charge in [0.05, 0.1) is 17.0 Å². The van der Waals surface area contributed by atoms with Gasteiger partial charge in [0.1, 0.15) is 17.2 Å². The summed E-state index contributed by atoms with van der Waals surface area (Å²) in [4.78, 5) is 28.2. The summed E-state index contributed by atoms with van der Waals surface area (Å²) in [5, 5.41) is 17.1. The number of piperidine rings is 1. The van der Waals surface area contributed by atoms with Gasteiger partial charge in [0.25, 0.3) is 0 Å². The fourth-order valence-electron chi connectivity index (χ4n) is 6.01. The average Bonchev–Trinajstić information content (AvgIpc) is 3.69. The van der Waals surface area contributed by atoms with Crippen LogP contribution in [0.4, 0.5) is 0 Å². The van der Waals surface area contributed by atoms with E-state index in [9.17, 15) is 9.90 Å². The van der Waals surface area contributed by atoms with Crippen molar-refractivity contribution in [2.45, 2.75) is 32.2 Å². The molecule has 0 radical (unpaired) electrons. The number of nitrogens with one attached hydrogen (secondary N) is 1. The standard InChI is InChI=1S/C34H31N7O2/c1-22-19-27(34(42)43)20-29-36-30(31(41(22)29)25-7-3-2-4-8-25)24-12-10-23(11-13-24)21-40-17-14-26(15-18-40)32-37-33(39-38-32)28-9-5-6-16-35-28/h2-13,16,19-20,26H,14-15,17-18,21H2,1H3,(H,42,43)(H,37,38,39). The van der Waals surface area contributed by atoms with Crippen LogP contribution in [0.5, 0.6) is 0 Å². The second kappa shape index (κ2) is 11.3. The number of aromatic carboxylic acids is 1. The van der Waals surface area contributed by atoms with Crippen LogP contribution in [-0.2, 0) is 6.54 Å². The zero-order chi connectivity index (χ0) is 29.3. The molecule has 5 heterocycles. The molecule has 0 bridgehead atoms. The topological polar surface area (TPSA) is 112 Å². The Balaban J connectivity index is 1.08. The first-order chi connectivity index (χ1) is 21.0. The smallest absolute Gasteiger partial charge is 0.335 e. The van der Waals surface area contributed by atoms with Gasteiger partial charge < -0.3 is 5.11 Å². The van der Waals surface area contributed by atoms with Gasteiger partial charge in [-0.15, -0.1) is 0 Å². The van der Waals surface area contributed by atoms with E-state index in [0.717, 1.165) is 72.2 Å². The molecule has 1 saturated heterocycles. The van der Waals surface area contributed by atoms with Gasteiger partial charge in [-0.1, -0.05) is 60.7 Å². The van der Waals surface area contributed by atoms with Gasteiger partial charge in [-0.3, -0.25) is 19.4 Å². The average molecular weight is 570 g/mol. The third-order valence-corrected chi connectivity index (χ3v) is 8.20. The van der Waals surface area contributed by atoms with E-state index in [-0.39, 0.29) is 5.56 Å². The number of fused-ring (bicyclic) bond motifs is 1. The molecule has 0 saturated carbocycles. The van der Waals surface area contributed by atoms with E-state index in [1.54, 1.807) is 18.3 Å². The Labute approximate surface area is 248 Å². The van der Waals surface area contributed by atoms with Crippen molar-refractivity contribution >= 4 is 11.6 Å². The second-order valence-corrected chi connectivity index (χ2v) is 11.1. The van der Waals surface area contributed by atoms with E-state index in [4.69, 9.17) is 9.97 Å². The summed E-state index contributed by atoms with van der Waals surface area (Å²) < 4.78 is 2.04. The Morgan fingerprint density at radius 3 is 2.42 bits per heavy atom. The van der Waals surface area contributed by atoms with Crippen LogP contribution in [0.15, 0.2) is 91.1 Å². The van der Waals surface area contributed by atoms with Gasteiger partial charge in [-0.05, 0) is 62.7 Å². The summed E-state index contributed by atoms with van der Waals surface area (Å²) in [7, 11) is 0. The summed E-state index contributed by atoms with van der Waals surface area (Å²) in [6.45, 7) is 4.77. The Morgan fingerprint density at radius 1 is 0.930 bits per heavy atom.